The molecule has 3 atom stereocenters. The molecule has 0 aromatic rings. The third-order valence-electron chi connectivity index (χ3n) is 3.85. The van der Waals surface area contributed by atoms with Gasteiger partial charge in [0.15, 0.2) is 0 Å². The van der Waals surface area contributed by atoms with E-state index in [0.29, 0.717) is 12.1 Å². The number of hydrogen-bond donors (Lipinski definition) is 1. The smallest absolute Gasteiger partial charge is 0.0756 e. The van der Waals surface area contributed by atoms with Gasteiger partial charge in [0.1, 0.15) is 0 Å². The molecular formula is C15H31NO. The first-order valence-electron chi connectivity index (χ1n) is 7.57. The molecule has 102 valence electrons. The van der Waals surface area contributed by atoms with Gasteiger partial charge in [0.2, 0.25) is 0 Å². The Hall–Kier alpha value is -0.0800. The van der Waals surface area contributed by atoms with Crippen LogP contribution in [0, 0.1) is 11.8 Å². The Morgan fingerprint density at radius 2 is 1.94 bits per heavy atom. The molecule has 1 aliphatic carbocycles. The SMILES string of the molecule is CCCNC(CC(C)CC)C(OCC)C1CC1. The molecule has 3 unspecified atom stereocenters. The Morgan fingerprint density at radius 3 is 2.41 bits per heavy atom. The summed E-state index contributed by atoms with van der Waals surface area (Å²) in [6.07, 6.45) is 6.94. The molecule has 0 bridgehead atoms. The van der Waals surface area contributed by atoms with E-state index in [1.165, 1.54) is 32.1 Å². The van der Waals surface area contributed by atoms with E-state index in [0.717, 1.165) is 25.0 Å². The zero-order valence-corrected chi connectivity index (χ0v) is 12.2. The third-order valence-corrected chi connectivity index (χ3v) is 3.85. The second kappa shape index (κ2) is 8.10. The van der Waals surface area contributed by atoms with Gasteiger partial charge < -0.3 is 10.1 Å². The molecule has 1 saturated carbocycles. The molecule has 0 amide bonds. The quantitative estimate of drug-likeness (QED) is 0.631. The first-order valence-corrected chi connectivity index (χ1v) is 7.57. The molecule has 17 heavy (non-hydrogen) atoms. The van der Waals surface area contributed by atoms with Gasteiger partial charge in [-0.1, -0.05) is 27.2 Å². The van der Waals surface area contributed by atoms with E-state index in [2.05, 4.69) is 33.0 Å². The molecular weight excluding hydrogens is 210 g/mol. The normalized spacial score (nSPS) is 21.2. The molecule has 1 fully saturated rings. The first kappa shape index (κ1) is 15.0. The molecule has 0 aromatic heterocycles. The van der Waals surface area contributed by atoms with Crippen LogP contribution in [0.3, 0.4) is 0 Å². The summed E-state index contributed by atoms with van der Waals surface area (Å²) in [5.41, 5.74) is 0. The van der Waals surface area contributed by atoms with Gasteiger partial charge in [0.05, 0.1) is 6.10 Å². The summed E-state index contributed by atoms with van der Waals surface area (Å²) in [5.74, 6) is 1.62. The van der Waals surface area contributed by atoms with Crippen molar-refractivity contribution in [2.45, 2.75) is 71.9 Å². The Morgan fingerprint density at radius 1 is 1.24 bits per heavy atom. The highest BCUT2D eigenvalue weighted by Gasteiger charge is 2.37. The first-order chi connectivity index (χ1) is 8.22. The molecule has 1 N–H and O–H groups in total. The highest BCUT2D eigenvalue weighted by atomic mass is 16.5. The van der Waals surface area contributed by atoms with Crippen molar-refractivity contribution < 1.29 is 4.74 Å². The molecule has 0 aliphatic heterocycles. The van der Waals surface area contributed by atoms with Gasteiger partial charge >= 0.3 is 0 Å². The molecule has 1 rings (SSSR count). The lowest BCUT2D eigenvalue weighted by Gasteiger charge is -2.30. The minimum Gasteiger partial charge on any atom is -0.377 e. The highest BCUT2D eigenvalue weighted by Crippen LogP contribution is 2.37. The Labute approximate surface area is 108 Å². The van der Waals surface area contributed by atoms with Crippen molar-refractivity contribution in [2.75, 3.05) is 13.2 Å². The van der Waals surface area contributed by atoms with Gasteiger partial charge in [-0.05, 0) is 51.0 Å². The number of hydrogen-bond acceptors (Lipinski definition) is 2. The van der Waals surface area contributed by atoms with Crippen molar-refractivity contribution in [1.82, 2.24) is 5.32 Å². The summed E-state index contributed by atoms with van der Waals surface area (Å²) in [5, 5.41) is 3.72. The summed E-state index contributed by atoms with van der Waals surface area (Å²) in [6, 6.07) is 0.567. The lowest BCUT2D eigenvalue weighted by Crippen LogP contribution is -2.44. The molecule has 2 nitrogen and oxygen atoms in total. The van der Waals surface area contributed by atoms with E-state index in [9.17, 15) is 0 Å². The fourth-order valence-corrected chi connectivity index (χ4v) is 2.46. The summed E-state index contributed by atoms with van der Waals surface area (Å²) in [6.45, 7) is 11.0. The van der Waals surface area contributed by atoms with Gasteiger partial charge in [0, 0.05) is 12.6 Å². The number of nitrogens with one attached hydrogen (secondary N) is 1. The van der Waals surface area contributed by atoms with Crippen molar-refractivity contribution >= 4 is 0 Å². The zero-order chi connectivity index (χ0) is 12.7. The maximum atomic E-state index is 6.01. The van der Waals surface area contributed by atoms with Crippen LogP contribution in [0.2, 0.25) is 0 Å². The number of ether oxygens (including phenoxy) is 1. The van der Waals surface area contributed by atoms with Crippen LogP contribution < -0.4 is 5.32 Å². The van der Waals surface area contributed by atoms with Crippen molar-refractivity contribution in [1.29, 1.82) is 0 Å². The van der Waals surface area contributed by atoms with Crippen LogP contribution in [0.15, 0.2) is 0 Å². The van der Waals surface area contributed by atoms with Gasteiger partial charge in [-0.15, -0.1) is 0 Å². The average Bonchev–Trinajstić information content (AvgIpc) is 3.15. The van der Waals surface area contributed by atoms with Crippen LogP contribution in [-0.2, 0) is 4.74 Å². The van der Waals surface area contributed by atoms with E-state index < -0.39 is 0 Å². The van der Waals surface area contributed by atoms with Crippen molar-refractivity contribution in [3.8, 4) is 0 Å². The molecule has 0 aromatic carbocycles. The summed E-state index contributed by atoms with van der Waals surface area (Å²) < 4.78 is 6.01. The van der Waals surface area contributed by atoms with Crippen molar-refractivity contribution in [3.05, 3.63) is 0 Å². The standard InChI is InChI=1S/C15H31NO/c1-5-10-16-14(11-12(4)6-2)15(17-7-3)13-8-9-13/h12-16H,5-11H2,1-4H3. The fraction of sp³-hybridized carbons (Fsp3) is 1.00. The Balaban J connectivity index is 2.50. The summed E-state index contributed by atoms with van der Waals surface area (Å²) in [4.78, 5) is 0. The predicted molar refractivity (Wildman–Crippen MR) is 74.3 cm³/mol. The van der Waals surface area contributed by atoms with E-state index in [4.69, 9.17) is 4.74 Å². The molecule has 0 radical (unpaired) electrons. The minimum atomic E-state index is 0.459. The second-order valence-corrected chi connectivity index (χ2v) is 5.57. The highest BCUT2D eigenvalue weighted by molar-refractivity contribution is 4.91. The van der Waals surface area contributed by atoms with E-state index in [1.807, 2.05) is 0 Å². The molecule has 0 spiro atoms. The lowest BCUT2D eigenvalue weighted by atomic mass is 9.93. The van der Waals surface area contributed by atoms with Crippen LogP contribution in [0.4, 0.5) is 0 Å². The largest absolute Gasteiger partial charge is 0.377 e. The van der Waals surface area contributed by atoms with Crippen molar-refractivity contribution in [3.63, 3.8) is 0 Å². The Kier molecular flexibility index (Phi) is 7.14. The minimum absolute atomic E-state index is 0.459. The topological polar surface area (TPSA) is 21.3 Å². The molecule has 0 heterocycles. The van der Waals surface area contributed by atoms with E-state index in [1.54, 1.807) is 0 Å². The summed E-state index contributed by atoms with van der Waals surface area (Å²) >= 11 is 0. The van der Waals surface area contributed by atoms with E-state index >= 15 is 0 Å². The molecule has 0 saturated heterocycles. The van der Waals surface area contributed by atoms with Crippen LogP contribution in [0.25, 0.3) is 0 Å². The van der Waals surface area contributed by atoms with Crippen LogP contribution in [-0.4, -0.2) is 25.3 Å². The monoisotopic (exact) mass is 241 g/mol. The van der Waals surface area contributed by atoms with Crippen LogP contribution in [0.1, 0.15) is 59.8 Å². The molecule has 1 aliphatic rings. The zero-order valence-electron chi connectivity index (χ0n) is 12.2. The van der Waals surface area contributed by atoms with Crippen molar-refractivity contribution in [2.24, 2.45) is 11.8 Å². The second-order valence-electron chi connectivity index (χ2n) is 5.57. The average molecular weight is 241 g/mol. The fourth-order valence-electron chi connectivity index (χ4n) is 2.46. The van der Waals surface area contributed by atoms with Gasteiger partial charge in [-0.25, -0.2) is 0 Å². The van der Waals surface area contributed by atoms with Gasteiger partial charge in [-0.3, -0.25) is 0 Å². The maximum absolute atomic E-state index is 6.01. The maximum Gasteiger partial charge on any atom is 0.0756 e. The number of rotatable bonds is 10. The van der Waals surface area contributed by atoms with E-state index in [-0.39, 0.29) is 0 Å². The summed E-state index contributed by atoms with van der Waals surface area (Å²) in [7, 11) is 0. The van der Waals surface area contributed by atoms with Crippen LogP contribution in [0.5, 0.6) is 0 Å². The lowest BCUT2D eigenvalue weighted by molar-refractivity contribution is 0.0133. The molecule has 2 heteroatoms. The third kappa shape index (κ3) is 5.39. The van der Waals surface area contributed by atoms with Gasteiger partial charge in [0.25, 0.3) is 0 Å². The predicted octanol–water partition coefficient (Wildman–Crippen LogP) is 3.61. The van der Waals surface area contributed by atoms with Gasteiger partial charge in [-0.2, -0.15) is 0 Å². The Bertz CT molecular complexity index is 191. The van der Waals surface area contributed by atoms with Crippen LogP contribution >= 0.6 is 0 Å².